The third-order valence-corrected chi connectivity index (χ3v) is 4.08. The summed E-state index contributed by atoms with van der Waals surface area (Å²) in [6.07, 6.45) is 0.826. The number of rotatable bonds is 5. The smallest absolute Gasteiger partial charge is 0.140 e. The van der Waals surface area contributed by atoms with E-state index in [4.69, 9.17) is 16.3 Å². The zero-order chi connectivity index (χ0) is 13.8. The number of aromatic nitrogens is 1. The van der Waals surface area contributed by atoms with Crippen LogP contribution >= 0.6 is 22.9 Å². The minimum atomic E-state index is 0.0425. The van der Waals surface area contributed by atoms with E-state index in [1.165, 1.54) is 11.3 Å². The molecule has 19 heavy (non-hydrogen) atoms. The fourth-order valence-corrected chi connectivity index (χ4v) is 2.97. The van der Waals surface area contributed by atoms with Crippen molar-refractivity contribution in [1.29, 1.82) is 0 Å². The maximum atomic E-state index is 9.24. The lowest BCUT2D eigenvalue weighted by molar-refractivity contribution is 0.284. The summed E-state index contributed by atoms with van der Waals surface area (Å²) in [7, 11) is 0. The predicted octanol–water partition coefficient (Wildman–Crippen LogP) is 3.74. The lowest BCUT2D eigenvalue weighted by atomic mass is 10.2. The molecule has 0 atom stereocenters. The summed E-state index contributed by atoms with van der Waals surface area (Å²) in [5, 5.41) is 10.8. The number of nitrogens with zero attached hydrogens (tertiary/aromatic N) is 1. The summed E-state index contributed by atoms with van der Waals surface area (Å²) in [6, 6.07) is 5.54. The van der Waals surface area contributed by atoms with E-state index in [9.17, 15) is 5.11 Å². The van der Waals surface area contributed by atoms with Crippen molar-refractivity contribution < 1.29 is 9.84 Å². The van der Waals surface area contributed by atoms with Crippen LogP contribution in [0.1, 0.15) is 28.1 Å². The minimum Gasteiger partial charge on any atom is -0.486 e. The van der Waals surface area contributed by atoms with Gasteiger partial charge in [0.25, 0.3) is 0 Å². The molecule has 0 saturated heterocycles. The molecule has 0 saturated carbocycles. The van der Waals surface area contributed by atoms with E-state index in [1.807, 2.05) is 32.0 Å². The average Bonchev–Trinajstić information content (AvgIpc) is 2.80. The lowest BCUT2D eigenvalue weighted by Gasteiger charge is -2.07. The van der Waals surface area contributed by atoms with Crippen LogP contribution in [0.15, 0.2) is 18.2 Å². The first-order valence-electron chi connectivity index (χ1n) is 6.11. The summed E-state index contributed by atoms with van der Waals surface area (Å²) in [5.74, 6) is 0.809. The first kappa shape index (κ1) is 14.3. The van der Waals surface area contributed by atoms with Gasteiger partial charge in [-0.3, -0.25) is 0 Å². The Morgan fingerprint density at radius 2 is 2.21 bits per heavy atom. The molecule has 0 radical (unpaired) electrons. The highest BCUT2D eigenvalue weighted by Crippen LogP contribution is 2.25. The fourth-order valence-electron chi connectivity index (χ4n) is 1.81. The number of aryl methyl sites for hydroxylation is 2. The number of hydrogen-bond acceptors (Lipinski definition) is 4. The van der Waals surface area contributed by atoms with Crippen molar-refractivity contribution in [3.8, 4) is 5.75 Å². The Kier molecular flexibility index (Phi) is 4.80. The van der Waals surface area contributed by atoms with Crippen molar-refractivity contribution in [3.63, 3.8) is 0 Å². The number of benzene rings is 1. The number of thiazole rings is 1. The molecule has 0 aliphatic rings. The summed E-state index contributed by atoms with van der Waals surface area (Å²) in [6.45, 7) is 4.45. The molecule has 0 fully saturated rings. The van der Waals surface area contributed by atoms with Gasteiger partial charge in [0.2, 0.25) is 0 Å². The zero-order valence-corrected chi connectivity index (χ0v) is 12.5. The maximum Gasteiger partial charge on any atom is 0.140 e. The van der Waals surface area contributed by atoms with Crippen LogP contribution in [0, 0.1) is 6.92 Å². The SMILES string of the molecule is CCc1nc(COc2ccc(Cl)cc2C)sc1CO. The highest BCUT2D eigenvalue weighted by Gasteiger charge is 2.10. The minimum absolute atomic E-state index is 0.0425. The van der Waals surface area contributed by atoms with E-state index < -0.39 is 0 Å². The van der Waals surface area contributed by atoms with Crippen LogP contribution in [-0.2, 0) is 19.6 Å². The molecule has 5 heteroatoms. The summed E-state index contributed by atoms with van der Waals surface area (Å²) in [5.41, 5.74) is 1.96. The second-order valence-electron chi connectivity index (χ2n) is 4.19. The van der Waals surface area contributed by atoms with Crippen LogP contribution in [0.25, 0.3) is 0 Å². The molecule has 0 aliphatic heterocycles. The maximum absolute atomic E-state index is 9.24. The van der Waals surface area contributed by atoms with E-state index in [0.29, 0.717) is 11.6 Å². The van der Waals surface area contributed by atoms with Gasteiger partial charge in [0.15, 0.2) is 0 Å². The molecule has 0 aliphatic carbocycles. The Bertz CT molecular complexity index is 547. The molecule has 1 N–H and O–H groups in total. The molecule has 102 valence electrons. The Morgan fingerprint density at radius 3 is 2.79 bits per heavy atom. The van der Waals surface area contributed by atoms with Crippen molar-refractivity contribution in [3.05, 3.63) is 44.4 Å². The van der Waals surface area contributed by atoms with E-state index in [-0.39, 0.29) is 6.61 Å². The van der Waals surface area contributed by atoms with Crippen molar-refractivity contribution in [2.24, 2.45) is 0 Å². The molecule has 1 aromatic carbocycles. The number of hydrogen-bond donors (Lipinski definition) is 1. The Balaban J connectivity index is 2.07. The normalized spacial score (nSPS) is 10.7. The first-order valence-corrected chi connectivity index (χ1v) is 7.30. The van der Waals surface area contributed by atoms with Gasteiger partial charge < -0.3 is 9.84 Å². The molecule has 0 amide bonds. The second-order valence-corrected chi connectivity index (χ2v) is 5.79. The Morgan fingerprint density at radius 1 is 1.42 bits per heavy atom. The monoisotopic (exact) mass is 297 g/mol. The summed E-state index contributed by atoms with van der Waals surface area (Å²) < 4.78 is 5.74. The topological polar surface area (TPSA) is 42.4 Å². The van der Waals surface area contributed by atoms with Crippen LogP contribution in [-0.4, -0.2) is 10.1 Å². The molecular formula is C14H16ClNO2S. The van der Waals surface area contributed by atoms with E-state index in [2.05, 4.69) is 4.98 Å². The van der Waals surface area contributed by atoms with Crippen molar-refractivity contribution >= 4 is 22.9 Å². The molecule has 2 aromatic rings. The quantitative estimate of drug-likeness (QED) is 0.914. The van der Waals surface area contributed by atoms with Crippen LogP contribution in [0.5, 0.6) is 5.75 Å². The second kappa shape index (κ2) is 6.37. The average molecular weight is 298 g/mol. The van der Waals surface area contributed by atoms with Gasteiger partial charge in [0, 0.05) is 5.02 Å². The van der Waals surface area contributed by atoms with E-state index >= 15 is 0 Å². The molecule has 1 heterocycles. The number of ether oxygens (including phenoxy) is 1. The van der Waals surface area contributed by atoms with E-state index in [0.717, 1.165) is 33.3 Å². The molecule has 0 unspecified atom stereocenters. The van der Waals surface area contributed by atoms with Gasteiger partial charge in [0.1, 0.15) is 17.4 Å². The Labute approximate surface area is 121 Å². The number of aliphatic hydroxyl groups excluding tert-OH is 1. The standard InChI is InChI=1S/C14H16ClNO2S/c1-3-11-13(7-17)19-14(16-11)8-18-12-5-4-10(15)6-9(12)2/h4-6,17H,3,7-8H2,1-2H3. The van der Waals surface area contributed by atoms with Crippen LogP contribution in [0.3, 0.4) is 0 Å². The number of halogens is 1. The largest absolute Gasteiger partial charge is 0.486 e. The van der Waals surface area contributed by atoms with Crippen LogP contribution in [0.4, 0.5) is 0 Å². The molecule has 0 bridgehead atoms. The summed E-state index contributed by atoms with van der Waals surface area (Å²) in [4.78, 5) is 5.39. The lowest BCUT2D eigenvalue weighted by Crippen LogP contribution is -1.97. The molecular weight excluding hydrogens is 282 g/mol. The highest BCUT2D eigenvalue weighted by molar-refractivity contribution is 7.11. The number of aliphatic hydroxyl groups is 1. The van der Waals surface area contributed by atoms with Gasteiger partial charge in [0.05, 0.1) is 17.2 Å². The van der Waals surface area contributed by atoms with Crippen LogP contribution in [0.2, 0.25) is 5.02 Å². The van der Waals surface area contributed by atoms with Gasteiger partial charge in [-0.2, -0.15) is 0 Å². The van der Waals surface area contributed by atoms with Gasteiger partial charge >= 0.3 is 0 Å². The van der Waals surface area contributed by atoms with E-state index in [1.54, 1.807) is 0 Å². The van der Waals surface area contributed by atoms with Crippen molar-refractivity contribution in [2.45, 2.75) is 33.5 Å². The van der Waals surface area contributed by atoms with Crippen molar-refractivity contribution in [2.75, 3.05) is 0 Å². The first-order chi connectivity index (χ1) is 9.13. The van der Waals surface area contributed by atoms with Gasteiger partial charge in [-0.25, -0.2) is 4.98 Å². The third kappa shape index (κ3) is 3.47. The summed E-state index contributed by atoms with van der Waals surface area (Å²) >= 11 is 7.40. The molecule has 3 nitrogen and oxygen atoms in total. The predicted molar refractivity (Wildman–Crippen MR) is 77.9 cm³/mol. The molecule has 0 spiro atoms. The van der Waals surface area contributed by atoms with Crippen LogP contribution < -0.4 is 4.74 Å². The molecule has 1 aromatic heterocycles. The zero-order valence-electron chi connectivity index (χ0n) is 10.9. The fraction of sp³-hybridized carbons (Fsp3) is 0.357. The van der Waals surface area contributed by atoms with Gasteiger partial charge in [-0.1, -0.05) is 18.5 Å². The van der Waals surface area contributed by atoms with Crippen molar-refractivity contribution in [1.82, 2.24) is 4.98 Å². The van der Waals surface area contributed by atoms with Gasteiger partial charge in [-0.05, 0) is 37.1 Å². The van der Waals surface area contributed by atoms with Gasteiger partial charge in [-0.15, -0.1) is 11.3 Å². The molecule has 2 rings (SSSR count). The third-order valence-electron chi connectivity index (χ3n) is 2.79. The highest BCUT2D eigenvalue weighted by atomic mass is 35.5. The Hall–Kier alpha value is -1.10.